The van der Waals surface area contributed by atoms with Crippen molar-refractivity contribution in [3.8, 4) is 11.5 Å². The topological polar surface area (TPSA) is 30.5 Å². The molecule has 0 saturated carbocycles. The van der Waals surface area contributed by atoms with Gasteiger partial charge in [-0.3, -0.25) is 0 Å². The standard InChI is InChI=1S/C20H24Cl3NO2/c1-3-9-26-20-12-18(23)15(10-19(20)25-4-2)13-24-8-7-14-5-6-16(21)11-17(14)22/h5-6,10-12,24H,3-4,7-9,13H2,1-2H3. The van der Waals surface area contributed by atoms with Gasteiger partial charge >= 0.3 is 0 Å². The smallest absolute Gasteiger partial charge is 0.162 e. The third-order valence-corrected chi connectivity index (χ3v) is 4.71. The fraction of sp³-hybridized carbons (Fsp3) is 0.400. The zero-order chi connectivity index (χ0) is 18.9. The molecule has 26 heavy (non-hydrogen) atoms. The van der Waals surface area contributed by atoms with E-state index in [-0.39, 0.29) is 0 Å². The van der Waals surface area contributed by atoms with Crippen LogP contribution >= 0.6 is 34.8 Å². The molecular weight excluding hydrogens is 393 g/mol. The van der Waals surface area contributed by atoms with Crippen LogP contribution in [0.2, 0.25) is 15.1 Å². The Labute approximate surface area is 170 Å². The molecule has 0 atom stereocenters. The Balaban J connectivity index is 1.96. The van der Waals surface area contributed by atoms with Crippen molar-refractivity contribution in [1.29, 1.82) is 0 Å². The van der Waals surface area contributed by atoms with Gasteiger partial charge in [-0.1, -0.05) is 47.8 Å². The van der Waals surface area contributed by atoms with Crippen LogP contribution < -0.4 is 14.8 Å². The Morgan fingerprint density at radius 3 is 2.31 bits per heavy atom. The molecule has 0 amide bonds. The fourth-order valence-corrected chi connectivity index (χ4v) is 3.20. The lowest BCUT2D eigenvalue weighted by molar-refractivity contribution is 0.276. The monoisotopic (exact) mass is 415 g/mol. The van der Waals surface area contributed by atoms with Crippen molar-refractivity contribution in [2.75, 3.05) is 19.8 Å². The highest BCUT2D eigenvalue weighted by molar-refractivity contribution is 6.35. The molecule has 0 aliphatic carbocycles. The minimum Gasteiger partial charge on any atom is -0.490 e. The first-order valence-corrected chi connectivity index (χ1v) is 9.91. The van der Waals surface area contributed by atoms with Crippen molar-refractivity contribution in [1.82, 2.24) is 5.32 Å². The van der Waals surface area contributed by atoms with Crippen LogP contribution in [0, 0.1) is 0 Å². The second-order valence-electron chi connectivity index (χ2n) is 5.83. The normalized spacial score (nSPS) is 10.8. The molecule has 0 aromatic heterocycles. The molecule has 2 aromatic carbocycles. The number of nitrogens with one attached hydrogen (secondary N) is 1. The third kappa shape index (κ3) is 6.24. The van der Waals surface area contributed by atoms with Crippen molar-refractivity contribution in [3.05, 3.63) is 56.5 Å². The molecular formula is C20H24Cl3NO2. The van der Waals surface area contributed by atoms with Gasteiger partial charge in [-0.15, -0.1) is 0 Å². The first kappa shape index (κ1) is 21.2. The Bertz CT molecular complexity index is 722. The molecule has 0 heterocycles. The molecule has 3 nitrogen and oxygen atoms in total. The van der Waals surface area contributed by atoms with Gasteiger partial charge in [-0.2, -0.15) is 0 Å². The van der Waals surface area contributed by atoms with Crippen molar-refractivity contribution >= 4 is 34.8 Å². The van der Waals surface area contributed by atoms with Crippen molar-refractivity contribution in [2.45, 2.75) is 33.2 Å². The summed E-state index contributed by atoms with van der Waals surface area (Å²) in [6.07, 6.45) is 1.74. The van der Waals surface area contributed by atoms with E-state index >= 15 is 0 Å². The van der Waals surface area contributed by atoms with Crippen LogP contribution in [0.1, 0.15) is 31.4 Å². The maximum absolute atomic E-state index is 6.41. The van der Waals surface area contributed by atoms with Gasteiger partial charge in [0, 0.05) is 27.7 Å². The fourth-order valence-electron chi connectivity index (χ4n) is 2.48. The summed E-state index contributed by atoms with van der Waals surface area (Å²) in [6.45, 7) is 6.63. The summed E-state index contributed by atoms with van der Waals surface area (Å²) in [5.41, 5.74) is 2.04. The minimum absolute atomic E-state index is 0.575. The molecule has 0 fully saturated rings. The summed E-state index contributed by atoms with van der Waals surface area (Å²) in [7, 11) is 0. The second kappa shape index (κ2) is 10.9. The van der Waals surface area contributed by atoms with Crippen LogP contribution in [0.15, 0.2) is 30.3 Å². The predicted molar refractivity (Wildman–Crippen MR) is 110 cm³/mol. The van der Waals surface area contributed by atoms with Crippen LogP contribution in [-0.4, -0.2) is 19.8 Å². The number of hydrogen-bond acceptors (Lipinski definition) is 3. The minimum atomic E-state index is 0.575. The van der Waals surface area contributed by atoms with E-state index in [9.17, 15) is 0 Å². The van der Waals surface area contributed by atoms with E-state index in [0.29, 0.717) is 40.6 Å². The lowest BCUT2D eigenvalue weighted by Gasteiger charge is -2.15. The van der Waals surface area contributed by atoms with Gasteiger partial charge in [-0.05, 0) is 55.6 Å². The number of halogens is 3. The van der Waals surface area contributed by atoms with E-state index in [0.717, 1.165) is 36.3 Å². The van der Waals surface area contributed by atoms with Gasteiger partial charge in [-0.25, -0.2) is 0 Å². The Kier molecular flexibility index (Phi) is 8.86. The van der Waals surface area contributed by atoms with Gasteiger partial charge in [0.15, 0.2) is 11.5 Å². The summed E-state index contributed by atoms with van der Waals surface area (Å²) in [5.74, 6) is 1.42. The average Bonchev–Trinajstić information content (AvgIpc) is 2.61. The summed E-state index contributed by atoms with van der Waals surface area (Å²) in [5, 5.41) is 5.39. The quantitative estimate of drug-likeness (QED) is 0.470. The SMILES string of the molecule is CCCOc1cc(Cl)c(CNCCc2ccc(Cl)cc2Cl)cc1OCC. The van der Waals surface area contributed by atoms with Gasteiger partial charge in [0.05, 0.1) is 13.2 Å². The maximum Gasteiger partial charge on any atom is 0.162 e. The highest BCUT2D eigenvalue weighted by atomic mass is 35.5. The molecule has 2 aromatic rings. The van der Waals surface area contributed by atoms with Crippen LogP contribution in [0.25, 0.3) is 0 Å². The third-order valence-electron chi connectivity index (χ3n) is 3.78. The second-order valence-corrected chi connectivity index (χ2v) is 7.09. The van der Waals surface area contributed by atoms with Crippen LogP contribution in [0.4, 0.5) is 0 Å². The highest BCUT2D eigenvalue weighted by Gasteiger charge is 2.11. The van der Waals surface area contributed by atoms with Crippen molar-refractivity contribution in [3.63, 3.8) is 0 Å². The predicted octanol–water partition coefficient (Wildman–Crippen LogP) is 6.17. The lowest BCUT2D eigenvalue weighted by Crippen LogP contribution is -2.17. The van der Waals surface area contributed by atoms with E-state index in [1.165, 1.54) is 0 Å². The summed E-state index contributed by atoms with van der Waals surface area (Å²) >= 11 is 18.5. The maximum atomic E-state index is 6.41. The van der Waals surface area contributed by atoms with Gasteiger partial charge < -0.3 is 14.8 Å². The Hall–Kier alpha value is -1.13. The first-order valence-electron chi connectivity index (χ1n) is 8.77. The molecule has 0 saturated heterocycles. The van der Waals surface area contributed by atoms with Gasteiger partial charge in [0.25, 0.3) is 0 Å². The van der Waals surface area contributed by atoms with Crippen LogP contribution in [-0.2, 0) is 13.0 Å². The van der Waals surface area contributed by atoms with Crippen molar-refractivity contribution < 1.29 is 9.47 Å². The van der Waals surface area contributed by atoms with Crippen LogP contribution in [0.5, 0.6) is 11.5 Å². The zero-order valence-corrected chi connectivity index (χ0v) is 17.3. The molecule has 1 N–H and O–H groups in total. The Morgan fingerprint density at radius 2 is 1.62 bits per heavy atom. The van der Waals surface area contributed by atoms with E-state index in [1.54, 1.807) is 6.07 Å². The summed E-state index contributed by atoms with van der Waals surface area (Å²) in [4.78, 5) is 0. The lowest BCUT2D eigenvalue weighted by atomic mass is 10.1. The molecule has 6 heteroatoms. The number of ether oxygens (including phenoxy) is 2. The van der Waals surface area contributed by atoms with Gasteiger partial charge in [0.2, 0.25) is 0 Å². The zero-order valence-electron chi connectivity index (χ0n) is 15.1. The van der Waals surface area contributed by atoms with E-state index in [1.807, 2.05) is 31.2 Å². The molecule has 0 spiro atoms. The molecule has 142 valence electrons. The van der Waals surface area contributed by atoms with E-state index < -0.39 is 0 Å². The highest BCUT2D eigenvalue weighted by Crippen LogP contribution is 2.33. The first-order chi connectivity index (χ1) is 12.5. The van der Waals surface area contributed by atoms with Gasteiger partial charge in [0.1, 0.15) is 0 Å². The summed E-state index contributed by atoms with van der Waals surface area (Å²) < 4.78 is 11.4. The van der Waals surface area contributed by atoms with E-state index in [2.05, 4.69) is 12.2 Å². The molecule has 2 rings (SSSR count). The number of rotatable bonds is 10. The largest absolute Gasteiger partial charge is 0.490 e. The number of hydrogen-bond donors (Lipinski definition) is 1. The average molecular weight is 417 g/mol. The molecule has 0 aliphatic rings. The van der Waals surface area contributed by atoms with E-state index in [4.69, 9.17) is 44.3 Å². The molecule has 0 radical (unpaired) electrons. The molecule has 0 unspecified atom stereocenters. The van der Waals surface area contributed by atoms with Crippen LogP contribution in [0.3, 0.4) is 0 Å². The molecule has 0 aliphatic heterocycles. The number of benzene rings is 2. The van der Waals surface area contributed by atoms with Crippen molar-refractivity contribution in [2.24, 2.45) is 0 Å². The summed E-state index contributed by atoms with van der Waals surface area (Å²) in [6, 6.07) is 9.34. The molecule has 0 bridgehead atoms. The Morgan fingerprint density at radius 1 is 0.885 bits per heavy atom.